The summed E-state index contributed by atoms with van der Waals surface area (Å²) < 4.78 is 39.3. The molecule has 0 aliphatic carbocycles. The second-order valence-electron chi connectivity index (χ2n) is 7.61. The van der Waals surface area contributed by atoms with Gasteiger partial charge in [-0.05, 0) is 25.8 Å². The Morgan fingerprint density at radius 2 is 1.71 bits per heavy atom. The molecule has 0 saturated carbocycles. The number of amides is 1. The van der Waals surface area contributed by atoms with Crippen LogP contribution in [0.4, 0.5) is 5.69 Å². The van der Waals surface area contributed by atoms with E-state index >= 15 is 0 Å². The minimum Gasteiger partial charge on any atom is -0.481 e. The lowest BCUT2D eigenvalue weighted by Crippen LogP contribution is -2.47. The van der Waals surface area contributed by atoms with Gasteiger partial charge in [0.15, 0.2) is 0 Å². The van der Waals surface area contributed by atoms with E-state index in [9.17, 15) is 42.4 Å². The first kappa shape index (κ1) is 29.2. The molecule has 0 radical (unpaired) electrons. The van der Waals surface area contributed by atoms with Gasteiger partial charge < -0.3 is 20.4 Å². The summed E-state index contributed by atoms with van der Waals surface area (Å²) in [6.07, 6.45) is -1.68. The van der Waals surface area contributed by atoms with Gasteiger partial charge in [0, 0.05) is 24.7 Å². The van der Waals surface area contributed by atoms with Crippen molar-refractivity contribution in [2.45, 2.75) is 44.3 Å². The number of carboxylic acids is 2. The van der Waals surface area contributed by atoms with Crippen LogP contribution in [-0.2, 0) is 34.7 Å². The van der Waals surface area contributed by atoms with Gasteiger partial charge in [0.2, 0.25) is 23.3 Å². The Morgan fingerprint density at radius 3 is 2.18 bits per heavy atom. The number of hydrogen-bond acceptors (Lipinski definition) is 8. The molecule has 0 heterocycles. The summed E-state index contributed by atoms with van der Waals surface area (Å²) in [4.78, 5) is 54.5. The Bertz CT molecular complexity index is 1080. The summed E-state index contributed by atoms with van der Waals surface area (Å²) in [5.74, 6) is -7.12. The molecule has 0 saturated heterocycles. The van der Waals surface area contributed by atoms with Crippen LogP contribution in [0.5, 0.6) is 0 Å². The van der Waals surface area contributed by atoms with Crippen LogP contribution in [0.25, 0.3) is 0 Å². The molecule has 1 aromatic carbocycles. The normalized spacial score (nSPS) is 16.0. The lowest BCUT2D eigenvalue weighted by atomic mass is 10.1. The second-order valence-corrected chi connectivity index (χ2v) is 12.0. The zero-order valence-corrected chi connectivity index (χ0v) is 20.0. The van der Waals surface area contributed by atoms with E-state index in [1.54, 1.807) is 0 Å². The standard InChI is InChI=1S/C18H26N3O11PS/c1-11(20-34(31,32)10-13-3-6-15(7-4-13)21(27)28)17(24)19-12(2)33(29,30)9-14(18(25)26)5-8-16(22)23/h3-4,6-7,11-12,14,20H,5,8-10H2,1-2H3,(H,19,24)(H,22,23)(H,25,26)(H,29,30)/t11-,12+,14+/m1/s1. The molecule has 14 nitrogen and oxygen atoms in total. The van der Waals surface area contributed by atoms with Crippen LogP contribution in [0.1, 0.15) is 32.3 Å². The van der Waals surface area contributed by atoms with Crippen molar-refractivity contribution in [3.63, 3.8) is 0 Å². The largest absolute Gasteiger partial charge is 0.481 e. The molecule has 0 spiro atoms. The van der Waals surface area contributed by atoms with Crippen LogP contribution in [0, 0.1) is 16.0 Å². The molecule has 1 amide bonds. The van der Waals surface area contributed by atoms with Crippen LogP contribution in [-0.4, -0.2) is 64.3 Å². The number of benzene rings is 1. The number of nitrogens with zero attached hydrogens (tertiary/aromatic N) is 1. The van der Waals surface area contributed by atoms with E-state index in [0.29, 0.717) is 0 Å². The third kappa shape index (κ3) is 9.55. The quantitative estimate of drug-likeness (QED) is 0.129. The van der Waals surface area contributed by atoms with Crippen LogP contribution in [0.2, 0.25) is 0 Å². The van der Waals surface area contributed by atoms with Gasteiger partial charge in [-0.3, -0.25) is 29.1 Å². The summed E-state index contributed by atoms with van der Waals surface area (Å²) >= 11 is 0. The zero-order chi connectivity index (χ0) is 26.3. The first-order valence-corrected chi connectivity index (χ1v) is 13.4. The predicted octanol–water partition coefficient (Wildman–Crippen LogP) is 0.701. The Hall–Kier alpha value is -2.87. The lowest BCUT2D eigenvalue weighted by molar-refractivity contribution is -0.384. The highest BCUT2D eigenvalue weighted by Crippen LogP contribution is 2.47. The zero-order valence-electron chi connectivity index (χ0n) is 18.3. The Labute approximate surface area is 195 Å². The molecule has 0 aliphatic heterocycles. The lowest BCUT2D eigenvalue weighted by Gasteiger charge is -2.24. The van der Waals surface area contributed by atoms with E-state index in [0.717, 1.165) is 19.1 Å². The third-order valence-electron chi connectivity index (χ3n) is 4.75. The van der Waals surface area contributed by atoms with Gasteiger partial charge in [0.05, 0.1) is 22.6 Å². The summed E-state index contributed by atoms with van der Waals surface area (Å²) in [7, 11) is -8.38. The molecule has 5 N–H and O–H groups in total. The van der Waals surface area contributed by atoms with Crippen LogP contribution in [0.3, 0.4) is 0 Å². The number of rotatable bonds is 14. The topological polar surface area (TPSA) is 230 Å². The maximum atomic E-state index is 12.6. The minimum atomic E-state index is -4.30. The van der Waals surface area contributed by atoms with Crippen LogP contribution >= 0.6 is 7.37 Å². The van der Waals surface area contributed by atoms with E-state index in [1.807, 2.05) is 0 Å². The molecule has 1 unspecified atom stereocenters. The van der Waals surface area contributed by atoms with Crippen LogP contribution in [0.15, 0.2) is 24.3 Å². The number of aliphatic carboxylic acids is 2. The van der Waals surface area contributed by atoms with Gasteiger partial charge in [-0.1, -0.05) is 12.1 Å². The van der Waals surface area contributed by atoms with Gasteiger partial charge in [0.25, 0.3) is 5.69 Å². The van der Waals surface area contributed by atoms with E-state index in [2.05, 4.69) is 10.0 Å². The van der Waals surface area contributed by atoms with Crippen LogP contribution < -0.4 is 10.0 Å². The average Bonchev–Trinajstić information content (AvgIpc) is 2.70. The van der Waals surface area contributed by atoms with Gasteiger partial charge >= 0.3 is 11.9 Å². The first-order valence-electron chi connectivity index (χ1n) is 9.84. The number of non-ortho nitro benzene ring substituents is 1. The molecular formula is C18H26N3O11PS. The van der Waals surface area contributed by atoms with Crippen molar-refractivity contribution < 1.29 is 47.4 Å². The van der Waals surface area contributed by atoms with Crippen molar-refractivity contribution in [2.24, 2.45) is 5.92 Å². The van der Waals surface area contributed by atoms with Gasteiger partial charge in [-0.25, -0.2) is 13.1 Å². The number of nitro groups is 1. The molecule has 0 aromatic heterocycles. The summed E-state index contributed by atoms with van der Waals surface area (Å²) in [6, 6.07) is 3.38. The fraction of sp³-hybridized carbons (Fsp3) is 0.500. The Morgan fingerprint density at radius 1 is 1.15 bits per heavy atom. The summed E-state index contributed by atoms with van der Waals surface area (Å²) in [5, 5.41) is 30.7. The van der Waals surface area contributed by atoms with Crippen molar-refractivity contribution in [1.82, 2.24) is 10.0 Å². The molecular weight excluding hydrogens is 497 g/mol. The fourth-order valence-corrected chi connectivity index (χ4v) is 5.77. The monoisotopic (exact) mass is 523 g/mol. The maximum Gasteiger partial charge on any atom is 0.307 e. The number of carbonyl (C=O) groups is 3. The molecule has 16 heteroatoms. The molecule has 0 bridgehead atoms. The Balaban J connectivity index is 2.75. The maximum absolute atomic E-state index is 12.6. The highest BCUT2D eigenvalue weighted by molar-refractivity contribution is 7.88. The first-order chi connectivity index (χ1) is 15.5. The summed E-state index contributed by atoms with van der Waals surface area (Å²) in [6.45, 7) is 2.33. The van der Waals surface area contributed by atoms with E-state index < -0.39 is 76.2 Å². The highest BCUT2D eigenvalue weighted by Gasteiger charge is 2.35. The number of carbonyl (C=O) groups excluding carboxylic acids is 1. The third-order valence-corrected chi connectivity index (χ3v) is 8.48. The number of carboxylic acid groups (broad SMARTS) is 2. The number of nitrogens with one attached hydrogen (secondary N) is 2. The Kier molecular flexibility index (Phi) is 10.3. The van der Waals surface area contributed by atoms with Crippen molar-refractivity contribution >= 4 is 40.9 Å². The van der Waals surface area contributed by atoms with Crippen molar-refractivity contribution in [3.05, 3.63) is 39.9 Å². The van der Waals surface area contributed by atoms with E-state index in [-0.39, 0.29) is 17.7 Å². The van der Waals surface area contributed by atoms with Crippen molar-refractivity contribution in [2.75, 3.05) is 6.16 Å². The van der Waals surface area contributed by atoms with Gasteiger partial charge in [-0.2, -0.15) is 0 Å². The molecule has 4 atom stereocenters. The molecule has 1 aromatic rings. The van der Waals surface area contributed by atoms with Gasteiger partial charge in [-0.15, -0.1) is 0 Å². The molecule has 34 heavy (non-hydrogen) atoms. The molecule has 0 aliphatic rings. The molecule has 1 rings (SSSR count). The van der Waals surface area contributed by atoms with Crippen molar-refractivity contribution in [1.29, 1.82) is 0 Å². The molecule has 0 fully saturated rings. The van der Waals surface area contributed by atoms with Gasteiger partial charge in [0.1, 0.15) is 5.78 Å². The molecule has 190 valence electrons. The smallest absolute Gasteiger partial charge is 0.307 e. The number of nitro benzene ring substituents is 1. The number of sulfonamides is 1. The minimum absolute atomic E-state index is 0.222. The fourth-order valence-electron chi connectivity index (χ4n) is 2.79. The van der Waals surface area contributed by atoms with E-state index in [4.69, 9.17) is 10.2 Å². The summed E-state index contributed by atoms with van der Waals surface area (Å²) in [5.41, 5.74) is -0.00243. The average molecular weight is 523 g/mol. The number of hydrogen-bond donors (Lipinski definition) is 5. The highest BCUT2D eigenvalue weighted by atomic mass is 32.2. The van der Waals surface area contributed by atoms with E-state index in [1.165, 1.54) is 19.1 Å². The predicted molar refractivity (Wildman–Crippen MR) is 119 cm³/mol. The SMILES string of the molecule is C[C@@H](NS(=O)(=O)Cc1ccc([N+](=O)[O-])cc1)C(=O)N[C@H](C)P(=O)(O)C[C@H](CCC(=O)O)C(=O)O. The second kappa shape index (κ2) is 12.0. The van der Waals surface area contributed by atoms with Crippen molar-refractivity contribution in [3.8, 4) is 0 Å².